The van der Waals surface area contributed by atoms with Crippen molar-refractivity contribution in [3.8, 4) is 6.07 Å². The van der Waals surface area contributed by atoms with E-state index in [1.165, 1.54) is 12.8 Å². The summed E-state index contributed by atoms with van der Waals surface area (Å²) >= 11 is 0. The summed E-state index contributed by atoms with van der Waals surface area (Å²) in [7, 11) is 1.73. The molecule has 4 heteroatoms. The fourth-order valence-corrected chi connectivity index (χ4v) is 2.25. The zero-order valence-electron chi connectivity index (χ0n) is 12.0. The molecule has 0 bridgehead atoms. The minimum atomic E-state index is -0.0667. The van der Waals surface area contributed by atoms with E-state index in [4.69, 9.17) is 4.74 Å². The Morgan fingerprint density at radius 1 is 1.50 bits per heavy atom. The molecule has 1 rings (SSSR count). The third kappa shape index (κ3) is 5.34. The van der Waals surface area contributed by atoms with Crippen molar-refractivity contribution in [1.82, 2.24) is 10.2 Å². The van der Waals surface area contributed by atoms with E-state index in [2.05, 4.69) is 30.1 Å². The first kappa shape index (κ1) is 15.4. The van der Waals surface area contributed by atoms with E-state index < -0.39 is 0 Å². The van der Waals surface area contributed by atoms with Crippen molar-refractivity contribution in [3.63, 3.8) is 0 Å². The lowest BCUT2D eigenvalue weighted by atomic mass is 10.1. The van der Waals surface area contributed by atoms with Gasteiger partial charge < -0.3 is 10.1 Å². The molecule has 2 unspecified atom stereocenters. The Hall–Kier alpha value is -0.630. The highest BCUT2D eigenvalue weighted by atomic mass is 16.5. The number of nitrogens with zero attached hydrogens (tertiary/aromatic N) is 2. The van der Waals surface area contributed by atoms with Gasteiger partial charge in [-0.1, -0.05) is 6.92 Å². The van der Waals surface area contributed by atoms with Crippen LogP contribution in [0.5, 0.6) is 0 Å². The molecule has 1 aliphatic carbocycles. The summed E-state index contributed by atoms with van der Waals surface area (Å²) in [5, 5.41) is 12.5. The monoisotopic (exact) mass is 253 g/mol. The predicted molar refractivity (Wildman–Crippen MR) is 73.3 cm³/mol. The summed E-state index contributed by atoms with van der Waals surface area (Å²) in [6, 6.07) is 2.87. The topological polar surface area (TPSA) is 48.3 Å². The first-order chi connectivity index (χ1) is 8.72. The number of ether oxygens (including phenoxy) is 1. The highest BCUT2D eigenvalue weighted by Crippen LogP contribution is 2.35. The third-order valence-electron chi connectivity index (χ3n) is 3.68. The van der Waals surface area contributed by atoms with Gasteiger partial charge in [0.05, 0.1) is 12.7 Å². The Bertz CT molecular complexity index is 260. The van der Waals surface area contributed by atoms with Gasteiger partial charge in [-0.15, -0.1) is 0 Å². The van der Waals surface area contributed by atoms with E-state index in [-0.39, 0.29) is 6.04 Å². The van der Waals surface area contributed by atoms with Crippen molar-refractivity contribution in [3.05, 3.63) is 0 Å². The number of hydrogen-bond donors (Lipinski definition) is 1. The summed E-state index contributed by atoms with van der Waals surface area (Å²) < 4.78 is 5.17. The van der Waals surface area contributed by atoms with Crippen LogP contribution in [-0.2, 0) is 4.74 Å². The van der Waals surface area contributed by atoms with Crippen LogP contribution in [-0.4, -0.2) is 50.3 Å². The molecule has 0 saturated heterocycles. The Labute approximate surface area is 111 Å². The smallest absolute Gasteiger partial charge is 0.108 e. The van der Waals surface area contributed by atoms with Crippen molar-refractivity contribution in [2.24, 2.45) is 5.92 Å². The van der Waals surface area contributed by atoms with Gasteiger partial charge in [0.2, 0.25) is 0 Å². The van der Waals surface area contributed by atoms with Crippen LogP contribution in [0.4, 0.5) is 0 Å². The van der Waals surface area contributed by atoms with E-state index in [0.29, 0.717) is 6.04 Å². The summed E-state index contributed by atoms with van der Waals surface area (Å²) in [6.07, 6.45) is 3.74. The predicted octanol–water partition coefficient (Wildman–Crippen LogP) is 1.63. The highest BCUT2D eigenvalue weighted by molar-refractivity contribution is 4.95. The van der Waals surface area contributed by atoms with Gasteiger partial charge in [-0.25, -0.2) is 0 Å². The van der Waals surface area contributed by atoms with Gasteiger partial charge in [0, 0.05) is 26.2 Å². The van der Waals surface area contributed by atoms with Gasteiger partial charge in [-0.2, -0.15) is 5.26 Å². The second-order valence-electron chi connectivity index (χ2n) is 5.20. The van der Waals surface area contributed by atoms with Crippen LogP contribution in [0.2, 0.25) is 0 Å². The zero-order chi connectivity index (χ0) is 13.4. The van der Waals surface area contributed by atoms with Crippen molar-refractivity contribution >= 4 is 0 Å². The SMILES string of the molecule is CCCNC(C#N)CN(CCOC)C(C)C1CC1. The molecule has 1 saturated carbocycles. The number of nitrogens with one attached hydrogen (secondary N) is 1. The van der Waals surface area contributed by atoms with E-state index in [1.54, 1.807) is 7.11 Å². The van der Waals surface area contributed by atoms with Crippen LogP contribution in [0.15, 0.2) is 0 Å². The van der Waals surface area contributed by atoms with Crippen LogP contribution >= 0.6 is 0 Å². The molecule has 2 atom stereocenters. The molecule has 0 amide bonds. The molecular formula is C14H27N3O. The van der Waals surface area contributed by atoms with Gasteiger partial charge in [-0.3, -0.25) is 4.90 Å². The lowest BCUT2D eigenvalue weighted by Crippen LogP contribution is -2.46. The normalized spacial score (nSPS) is 18.6. The Kier molecular flexibility index (Phi) is 7.26. The van der Waals surface area contributed by atoms with Crippen LogP contribution in [0, 0.1) is 17.2 Å². The van der Waals surface area contributed by atoms with Crippen LogP contribution in [0.3, 0.4) is 0 Å². The minimum Gasteiger partial charge on any atom is -0.383 e. The van der Waals surface area contributed by atoms with Gasteiger partial charge in [-0.05, 0) is 38.6 Å². The second-order valence-corrected chi connectivity index (χ2v) is 5.20. The van der Waals surface area contributed by atoms with E-state index >= 15 is 0 Å². The molecule has 18 heavy (non-hydrogen) atoms. The average Bonchev–Trinajstić information content (AvgIpc) is 3.21. The van der Waals surface area contributed by atoms with Gasteiger partial charge in [0.1, 0.15) is 6.04 Å². The zero-order valence-corrected chi connectivity index (χ0v) is 12.0. The van der Waals surface area contributed by atoms with Crippen molar-refractivity contribution in [2.45, 2.75) is 45.2 Å². The molecule has 0 aliphatic heterocycles. The number of nitriles is 1. The first-order valence-electron chi connectivity index (χ1n) is 7.08. The second kappa shape index (κ2) is 8.47. The third-order valence-corrected chi connectivity index (χ3v) is 3.68. The van der Waals surface area contributed by atoms with Crippen molar-refractivity contribution < 1.29 is 4.74 Å². The summed E-state index contributed by atoms with van der Waals surface area (Å²) in [4.78, 5) is 2.40. The van der Waals surface area contributed by atoms with Crippen LogP contribution in [0.25, 0.3) is 0 Å². The molecule has 0 heterocycles. The Morgan fingerprint density at radius 2 is 2.22 bits per heavy atom. The molecule has 104 valence electrons. The van der Waals surface area contributed by atoms with Crippen LogP contribution in [0.1, 0.15) is 33.1 Å². The van der Waals surface area contributed by atoms with Crippen molar-refractivity contribution in [2.75, 3.05) is 33.4 Å². The summed E-state index contributed by atoms with van der Waals surface area (Å²) in [5.41, 5.74) is 0. The summed E-state index contributed by atoms with van der Waals surface area (Å²) in [5.74, 6) is 0.826. The molecule has 1 N–H and O–H groups in total. The average molecular weight is 253 g/mol. The largest absolute Gasteiger partial charge is 0.383 e. The number of methoxy groups -OCH3 is 1. The fraction of sp³-hybridized carbons (Fsp3) is 0.929. The van der Waals surface area contributed by atoms with Gasteiger partial charge in [0.25, 0.3) is 0 Å². The van der Waals surface area contributed by atoms with Gasteiger partial charge in [0.15, 0.2) is 0 Å². The molecule has 1 aliphatic rings. The molecule has 4 nitrogen and oxygen atoms in total. The first-order valence-corrected chi connectivity index (χ1v) is 7.08. The van der Waals surface area contributed by atoms with E-state index in [9.17, 15) is 5.26 Å². The highest BCUT2D eigenvalue weighted by Gasteiger charge is 2.32. The molecular weight excluding hydrogens is 226 g/mol. The maximum atomic E-state index is 9.19. The standard InChI is InChI=1S/C14H27N3O/c1-4-7-16-14(10-15)11-17(8-9-18-3)12(2)13-5-6-13/h12-14,16H,4-9,11H2,1-3H3. The van der Waals surface area contributed by atoms with Crippen molar-refractivity contribution in [1.29, 1.82) is 5.26 Å². The summed E-state index contributed by atoms with van der Waals surface area (Å²) in [6.45, 7) is 7.77. The van der Waals surface area contributed by atoms with Crippen LogP contribution < -0.4 is 5.32 Å². The number of rotatable bonds is 10. The quantitative estimate of drug-likeness (QED) is 0.643. The lowest BCUT2D eigenvalue weighted by molar-refractivity contribution is 0.113. The van der Waals surface area contributed by atoms with Gasteiger partial charge >= 0.3 is 0 Å². The molecule has 0 aromatic rings. The fourth-order valence-electron chi connectivity index (χ4n) is 2.25. The minimum absolute atomic E-state index is 0.0667. The molecule has 0 aromatic carbocycles. The molecule has 0 radical (unpaired) electrons. The number of hydrogen-bond acceptors (Lipinski definition) is 4. The molecule has 1 fully saturated rings. The Morgan fingerprint density at radius 3 is 2.72 bits per heavy atom. The Balaban J connectivity index is 2.44. The maximum absolute atomic E-state index is 9.19. The van der Waals surface area contributed by atoms with E-state index in [1.807, 2.05) is 0 Å². The molecule has 0 spiro atoms. The lowest BCUT2D eigenvalue weighted by Gasteiger charge is -2.30. The molecule has 0 aromatic heterocycles. The van der Waals surface area contributed by atoms with E-state index in [0.717, 1.165) is 38.6 Å². The maximum Gasteiger partial charge on any atom is 0.108 e.